The number of nitrogens with one attached hydrogen (secondary N) is 1. The van der Waals surface area contributed by atoms with Crippen molar-refractivity contribution >= 4 is 72.8 Å². The fourth-order valence-electron chi connectivity index (χ4n) is 8.35. The fraction of sp³-hybridized carbons (Fsp3) is 0.314. The average Bonchev–Trinajstić information content (AvgIpc) is 3.45. The summed E-state index contributed by atoms with van der Waals surface area (Å²) in [5, 5.41) is 12.3. The molecule has 0 bridgehead atoms. The number of fused-ring (bicyclic) bond motifs is 4. The third kappa shape index (κ3) is 4.59. The third-order valence-corrected chi connectivity index (χ3v) is 12.8. The van der Waals surface area contributed by atoms with Crippen molar-refractivity contribution in [3.63, 3.8) is 0 Å². The Bertz CT molecular complexity index is 1920. The molecule has 2 aliphatic heterocycles. The van der Waals surface area contributed by atoms with Crippen molar-refractivity contribution < 1.29 is 33.4 Å². The predicted octanol–water partition coefficient (Wildman–Crippen LogP) is 6.72. The molecule has 6 unspecified atom stereocenters. The van der Waals surface area contributed by atoms with Crippen LogP contribution in [0, 0.1) is 29.5 Å². The Hall–Kier alpha value is -3.74. The van der Waals surface area contributed by atoms with Crippen LogP contribution in [0.1, 0.15) is 36.8 Å². The van der Waals surface area contributed by atoms with Crippen molar-refractivity contribution in [2.24, 2.45) is 23.7 Å². The number of carbonyl (C=O) groups excluding carboxylic acids is 4. The highest BCUT2D eigenvalue weighted by Gasteiger charge is 2.70. The SMILES string of the molecule is CCN1C(=O)C2CC=C3C(CC4C(=O)N(Nc5ccc(F)cc5)C(=O)C4(c4ccc(Cl)cc4)C3c3cc(OC)c(O)c(Br)c3Br)C2C1=O. The summed E-state index contributed by atoms with van der Waals surface area (Å²) < 4.78 is 20.1. The van der Waals surface area contributed by atoms with E-state index in [4.69, 9.17) is 16.3 Å². The zero-order valence-corrected chi connectivity index (χ0v) is 29.6. The first-order chi connectivity index (χ1) is 22.9. The number of aromatic hydroxyl groups is 1. The van der Waals surface area contributed by atoms with E-state index in [0.29, 0.717) is 26.3 Å². The van der Waals surface area contributed by atoms with Crippen LogP contribution < -0.4 is 10.2 Å². The minimum atomic E-state index is -1.58. The van der Waals surface area contributed by atoms with E-state index in [-0.39, 0.29) is 47.2 Å². The average molecular weight is 802 g/mol. The van der Waals surface area contributed by atoms with Crippen LogP contribution in [0.2, 0.25) is 5.02 Å². The van der Waals surface area contributed by atoms with Crippen LogP contribution >= 0.6 is 43.5 Å². The van der Waals surface area contributed by atoms with Gasteiger partial charge in [-0.05, 0) is 111 Å². The number of carbonyl (C=O) groups is 4. The summed E-state index contributed by atoms with van der Waals surface area (Å²) in [6, 6.07) is 13.7. The van der Waals surface area contributed by atoms with E-state index in [2.05, 4.69) is 37.3 Å². The zero-order valence-electron chi connectivity index (χ0n) is 25.7. The summed E-state index contributed by atoms with van der Waals surface area (Å²) in [4.78, 5) is 58.5. The molecule has 1 saturated carbocycles. The molecular formula is C35H29Br2ClFN3O6. The van der Waals surface area contributed by atoms with Crippen LogP contribution in [-0.2, 0) is 24.6 Å². The molecule has 0 radical (unpaired) electrons. The number of rotatable bonds is 6. The molecule has 3 aromatic carbocycles. The van der Waals surface area contributed by atoms with Gasteiger partial charge >= 0.3 is 0 Å². The molecule has 9 nitrogen and oxygen atoms in total. The number of ether oxygens (including phenoxy) is 1. The van der Waals surface area contributed by atoms with E-state index < -0.39 is 52.6 Å². The lowest BCUT2D eigenvalue weighted by atomic mass is 9.49. The Morgan fingerprint density at radius 3 is 2.33 bits per heavy atom. The van der Waals surface area contributed by atoms with Gasteiger partial charge in [0.1, 0.15) is 5.82 Å². The molecule has 2 saturated heterocycles. The van der Waals surface area contributed by atoms with Gasteiger partial charge in [0.15, 0.2) is 11.5 Å². The summed E-state index contributed by atoms with van der Waals surface area (Å²) in [5.41, 5.74) is 3.46. The summed E-state index contributed by atoms with van der Waals surface area (Å²) in [7, 11) is 1.41. The molecule has 4 aliphatic rings. The predicted molar refractivity (Wildman–Crippen MR) is 181 cm³/mol. The van der Waals surface area contributed by atoms with Crippen LogP contribution in [0.15, 0.2) is 75.2 Å². The highest BCUT2D eigenvalue weighted by atomic mass is 79.9. The number of phenols is 1. The Kier molecular flexibility index (Phi) is 8.19. The number of hydrogen-bond acceptors (Lipinski definition) is 7. The van der Waals surface area contributed by atoms with Crippen molar-refractivity contribution in [2.45, 2.75) is 31.1 Å². The van der Waals surface area contributed by atoms with Gasteiger partial charge in [-0.3, -0.25) is 29.5 Å². The molecule has 3 aromatic rings. The van der Waals surface area contributed by atoms with Crippen LogP contribution in [0.5, 0.6) is 11.5 Å². The Morgan fingerprint density at radius 2 is 1.69 bits per heavy atom. The first-order valence-electron chi connectivity index (χ1n) is 15.4. The molecule has 2 aliphatic carbocycles. The van der Waals surface area contributed by atoms with E-state index in [1.165, 1.54) is 36.3 Å². The monoisotopic (exact) mass is 799 g/mol. The van der Waals surface area contributed by atoms with Crippen LogP contribution in [0.25, 0.3) is 0 Å². The number of amides is 4. The lowest BCUT2D eigenvalue weighted by molar-refractivity contribution is -0.141. The Balaban J connectivity index is 1.51. The molecule has 6 atom stereocenters. The maximum atomic E-state index is 15.2. The quantitative estimate of drug-likeness (QED) is 0.210. The van der Waals surface area contributed by atoms with Crippen molar-refractivity contribution in [1.82, 2.24) is 9.91 Å². The van der Waals surface area contributed by atoms with E-state index in [0.717, 1.165) is 10.6 Å². The summed E-state index contributed by atoms with van der Waals surface area (Å²) in [6.45, 7) is 1.99. The van der Waals surface area contributed by atoms with Crippen molar-refractivity contribution in [2.75, 3.05) is 19.1 Å². The molecular weight excluding hydrogens is 773 g/mol. The Morgan fingerprint density at radius 1 is 1.00 bits per heavy atom. The molecule has 0 aromatic heterocycles. The fourth-order valence-corrected chi connectivity index (χ4v) is 9.44. The number of nitrogens with zero attached hydrogens (tertiary/aromatic N) is 2. The van der Waals surface area contributed by atoms with Crippen LogP contribution in [0.4, 0.5) is 10.1 Å². The second kappa shape index (κ2) is 12.0. The van der Waals surface area contributed by atoms with Gasteiger partial charge in [0.05, 0.1) is 40.4 Å². The number of halogens is 4. The second-order valence-corrected chi connectivity index (χ2v) is 14.5. The molecule has 7 rings (SSSR count). The molecule has 2 N–H and O–H groups in total. The number of likely N-dealkylation sites (tertiary alicyclic amines) is 1. The number of anilines is 1. The number of phenolic OH excluding ortho intramolecular Hbond substituents is 1. The van der Waals surface area contributed by atoms with Crippen molar-refractivity contribution in [3.05, 3.63) is 97.2 Å². The van der Waals surface area contributed by atoms with E-state index in [1.54, 1.807) is 37.3 Å². The molecule has 248 valence electrons. The number of hydrogen-bond donors (Lipinski definition) is 2. The van der Waals surface area contributed by atoms with Gasteiger partial charge in [-0.15, -0.1) is 0 Å². The normalized spacial score (nSPS) is 27.9. The topological polar surface area (TPSA) is 116 Å². The van der Waals surface area contributed by atoms with Gasteiger partial charge in [-0.1, -0.05) is 35.4 Å². The standard InChI is InChI=1S/C35H29Br2ClFN3O6/c1-3-41-31(44)21-13-12-20-22(26(21)33(41)46)14-24-32(45)42(40-19-10-8-18(39)9-11-19)34(47)35(24,16-4-6-17(38)7-5-16)27(20)23-15-25(48-2)30(43)29(37)28(23)36/h4-12,15,21-22,24,26-27,40,43H,3,13-14H2,1-2H3. The second-order valence-electron chi connectivity index (χ2n) is 12.4. The lowest BCUT2D eigenvalue weighted by Crippen LogP contribution is -2.53. The number of hydrazine groups is 1. The van der Waals surface area contributed by atoms with E-state index >= 15 is 4.79 Å². The molecule has 0 spiro atoms. The zero-order chi connectivity index (χ0) is 34.2. The maximum absolute atomic E-state index is 15.2. The summed E-state index contributed by atoms with van der Waals surface area (Å²) >= 11 is 13.5. The van der Waals surface area contributed by atoms with Crippen LogP contribution in [0.3, 0.4) is 0 Å². The number of imide groups is 2. The molecule has 2 heterocycles. The van der Waals surface area contributed by atoms with Gasteiger partial charge in [-0.25, -0.2) is 4.39 Å². The highest BCUT2D eigenvalue weighted by Crippen LogP contribution is 2.65. The summed E-state index contributed by atoms with van der Waals surface area (Å²) in [6.07, 6.45) is 2.34. The lowest BCUT2D eigenvalue weighted by Gasteiger charge is -2.51. The third-order valence-electron chi connectivity index (χ3n) is 10.4. The smallest absolute Gasteiger partial charge is 0.260 e. The van der Waals surface area contributed by atoms with Gasteiger partial charge < -0.3 is 9.84 Å². The van der Waals surface area contributed by atoms with Gasteiger partial charge in [0.2, 0.25) is 11.8 Å². The summed E-state index contributed by atoms with van der Waals surface area (Å²) in [5.74, 6) is -5.88. The Labute approximate surface area is 297 Å². The molecule has 48 heavy (non-hydrogen) atoms. The van der Waals surface area contributed by atoms with Crippen LogP contribution in [-0.4, -0.2) is 52.3 Å². The molecule has 13 heteroatoms. The minimum absolute atomic E-state index is 0.114. The molecule has 3 fully saturated rings. The number of allylic oxidation sites excluding steroid dienone is 2. The van der Waals surface area contributed by atoms with Gasteiger partial charge in [0.25, 0.3) is 11.8 Å². The van der Waals surface area contributed by atoms with E-state index in [1.807, 2.05) is 6.08 Å². The highest BCUT2D eigenvalue weighted by molar-refractivity contribution is 9.13. The van der Waals surface area contributed by atoms with Gasteiger partial charge in [-0.2, -0.15) is 5.01 Å². The molecule has 4 amide bonds. The first-order valence-corrected chi connectivity index (χ1v) is 17.4. The van der Waals surface area contributed by atoms with Crippen molar-refractivity contribution in [3.8, 4) is 11.5 Å². The number of methoxy groups -OCH3 is 1. The largest absolute Gasteiger partial charge is 0.503 e. The first kappa shape index (κ1) is 32.8. The maximum Gasteiger partial charge on any atom is 0.260 e. The van der Waals surface area contributed by atoms with Gasteiger partial charge in [0, 0.05) is 22.0 Å². The van der Waals surface area contributed by atoms with Crippen molar-refractivity contribution in [1.29, 1.82) is 0 Å². The minimum Gasteiger partial charge on any atom is -0.503 e. The van der Waals surface area contributed by atoms with E-state index in [9.17, 15) is 23.9 Å². The number of benzene rings is 3.